The fourth-order valence-electron chi connectivity index (χ4n) is 3.37. The van der Waals surface area contributed by atoms with Crippen molar-refractivity contribution in [1.82, 2.24) is 19.1 Å². The highest BCUT2D eigenvalue weighted by Crippen LogP contribution is 2.22. The molecule has 0 N–H and O–H groups in total. The van der Waals surface area contributed by atoms with Crippen LogP contribution in [0.4, 0.5) is 0 Å². The second-order valence-corrected chi connectivity index (χ2v) is 6.93. The Labute approximate surface area is 176 Å². The third-order valence-electron chi connectivity index (χ3n) is 4.99. The van der Waals surface area contributed by atoms with Crippen LogP contribution in [-0.4, -0.2) is 33.3 Å². The van der Waals surface area contributed by atoms with Gasteiger partial charge in [0.05, 0.1) is 19.8 Å². The summed E-state index contributed by atoms with van der Waals surface area (Å²) in [7, 11) is 3.34. The Balaban J connectivity index is 1.54. The molecule has 0 aliphatic rings. The molecule has 0 spiro atoms. The molecule has 30 heavy (non-hydrogen) atoms. The molecule has 2 aromatic carbocycles. The third-order valence-corrected chi connectivity index (χ3v) is 4.99. The molecule has 2 aromatic heterocycles. The van der Waals surface area contributed by atoms with Crippen LogP contribution < -0.4 is 9.47 Å². The summed E-state index contributed by atoms with van der Waals surface area (Å²) in [6.45, 7) is 5.68. The Hall–Kier alpha value is -3.80. The lowest BCUT2D eigenvalue weighted by Crippen LogP contribution is -2.09. The first-order chi connectivity index (χ1) is 14.7. The van der Waals surface area contributed by atoms with Crippen LogP contribution in [0, 0.1) is 0 Å². The smallest absolute Gasteiger partial charge is 0.143 e. The van der Waals surface area contributed by atoms with Gasteiger partial charge < -0.3 is 18.6 Å². The van der Waals surface area contributed by atoms with Crippen LogP contribution in [0.2, 0.25) is 0 Å². The highest BCUT2D eigenvalue weighted by Gasteiger charge is 2.15. The molecular formula is C24H24N4O2. The quantitative estimate of drug-likeness (QED) is 0.444. The summed E-state index contributed by atoms with van der Waals surface area (Å²) in [6.07, 6.45) is 7.50. The molecule has 0 saturated heterocycles. The zero-order valence-corrected chi connectivity index (χ0v) is 17.2. The molecule has 6 heteroatoms. The van der Waals surface area contributed by atoms with Crippen molar-refractivity contribution < 1.29 is 9.47 Å². The lowest BCUT2D eigenvalue weighted by Gasteiger charge is -2.13. The molecule has 0 aliphatic heterocycles. The van der Waals surface area contributed by atoms with Gasteiger partial charge in [-0.25, -0.2) is 9.97 Å². The average Bonchev–Trinajstić information content (AvgIpc) is 3.44. The number of hydrogen-bond acceptors (Lipinski definition) is 4. The Kier molecular flexibility index (Phi) is 5.66. The van der Waals surface area contributed by atoms with E-state index in [0.717, 1.165) is 39.8 Å². The maximum atomic E-state index is 5.24. The fraction of sp³-hybridized carbons (Fsp3) is 0.167. The largest absolute Gasteiger partial charge is 0.497 e. The summed E-state index contributed by atoms with van der Waals surface area (Å²) >= 11 is 0. The number of methoxy groups -OCH3 is 2. The average molecular weight is 400 g/mol. The standard InChI is InChI=1S/C24H24N4O2/c1-18(23-25-12-14-27(23)16-19-4-8-21(29-2)9-5-19)24-26-13-15-28(24)17-20-6-10-22(30-3)11-7-20/h4-15H,1,16-17H2,2-3H3. The molecule has 2 heterocycles. The van der Waals surface area contributed by atoms with Crippen molar-refractivity contribution in [3.8, 4) is 11.5 Å². The summed E-state index contributed by atoms with van der Waals surface area (Å²) in [5.41, 5.74) is 3.10. The fourth-order valence-corrected chi connectivity index (χ4v) is 3.37. The first-order valence-electron chi connectivity index (χ1n) is 9.65. The van der Waals surface area contributed by atoms with Gasteiger partial charge in [0.1, 0.15) is 23.1 Å². The van der Waals surface area contributed by atoms with E-state index in [4.69, 9.17) is 9.47 Å². The van der Waals surface area contributed by atoms with Crippen molar-refractivity contribution in [3.05, 3.63) is 103 Å². The van der Waals surface area contributed by atoms with E-state index in [1.807, 2.05) is 36.7 Å². The van der Waals surface area contributed by atoms with E-state index in [1.165, 1.54) is 0 Å². The third kappa shape index (κ3) is 4.12. The van der Waals surface area contributed by atoms with Crippen molar-refractivity contribution >= 4 is 5.57 Å². The molecule has 4 aromatic rings. The number of nitrogens with zero attached hydrogens (tertiary/aromatic N) is 4. The van der Waals surface area contributed by atoms with Crippen LogP contribution in [0.25, 0.3) is 5.57 Å². The van der Waals surface area contributed by atoms with E-state index >= 15 is 0 Å². The number of imidazole rings is 2. The molecule has 0 atom stereocenters. The van der Waals surface area contributed by atoms with Gasteiger partial charge >= 0.3 is 0 Å². The van der Waals surface area contributed by atoms with Crippen LogP contribution in [0.3, 0.4) is 0 Å². The topological polar surface area (TPSA) is 54.1 Å². The van der Waals surface area contributed by atoms with Crippen molar-refractivity contribution in [2.24, 2.45) is 0 Å². The molecular weight excluding hydrogens is 376 g/mol. The Morgan fingerprint density at radius 1 is 0.733 bits per heavy atom. The predicted octanol–water partition coefficient (Wildman–Crippen LogP) is 4.25. The van der Waals surface area contributed by atoms with Gasteiger partial charge in [-0.1, -0.05) is 30.8 Å². The van der Waals surface area contributed by atoms with E-state index in [1.54, 1.807) is 26.6 Å². The maximum absolute atomic E-state index is 5.24. The Morgan fingerprint density at radius 3 is 1.50 bits per heavy atom. The Bertz CT molecular complexity index is 1030. The van der Waals surface area contributed by atoms with Crippen LogP contribution in [0.5, 0.6) is 11.5 Å². The highest BCUT2D eigenvalue weighted by molar-refractivity contribution is 5.70. The van der Waals surface area contributed by atoms with E-state index in [-0.39, 0.29) is 0 Å². The minimum Gasteiger partial charge on any atom is -0.497 e. The van der Waals surface area contributed by atoms with E-state index < -0.39 is 0 Å². The molecule has 0 radical (unpaired) electrons. The molecule has 0 unspecified atom stereocenters. The number of aromatic nitrogens is 4. The molecule has 4 rings (SSSR count). The predicted molar refractivity (Wildman–Crippen MR) is 117 cm³/mol. The molecule has 0 amide bonds. The lowest BCUT2D eigenvalue weighted by molar-refractivity contribution is 0.414. The molecule has 0 aliphatic carbocycles. The van der Waals surface area contributed by atoms with Crippen LogP contribution in [-0.2, 0) is 13.1 Å². The lowest BCUT2D eigenvalue weighted by atomic mass is 10.2. The van der Waals surface area contributed by atoms with E-state index in [9.17, 15) is 0 Å². The van der Waals surface area contributed by atoms with Crippen LogP contribution >= 0.6 is 0 Å². The van der Waals surface area contributed by atoms with Gasteiger partial charge in [0.25, 0.3) is 0 Å². The van der Waals surface area contributed by atoms with E-state index in [0.29, 0.717) is 13.1 Å². The number of ether oxygens (including phenoxy) is 2. The van der Waals surface area contributed by atoms with E-state index in [2.05, 4.69) is 49.9 Å². The second kappa shape index (κ2) is 8.69. The van der Waals surface area contributed by atoms with Gasteiger partial charge in [-0.2, -0.15) is 0 Å². The molecule has 0 saturated carbocycles. The number of hydrogen-bond donors (Lipinski definition) is 0. The van der Waals surface area contributed by atoms with Gasteiger partial charge in [0.2, 0.25) is 0 Å². The van der Waals surface area contributed by atoms with Crippen LogP contribution in [0.1, 0.15) is 22.8 Å². The summed E-state index contributed by atoms with van der Waals surface area (Å²) in [5.74, 6) is 3.28. The van der Waals surface area contributed by atoms with Gasteiger partial charge in [0, 0.05) is 37.9 Å². The summed E-state index contributed by atoms with van der Waals surface area (Å²) < 4.78 is 14.6. The van der Waals surface area contributed by atoms with Gasteiger partial charge in [-0.05, 0) is 35.4 Å². The molecule has 0 bridgehead atoms. The monoisotopic (exact) mass is 400 g/mol. The normalized spacial score (nSPS) is 10.7. The zero-order chi connectivity index (χ0) is 20.9. The Morgan fingerprint density at radius 2 is 1.13 bits per heavy atom. The van der Waals surface area contributed by atoms with Gasteiger partial charge in [-0.15, -0.1) is 0 Å². The SMILES string of the molecule is C=C(c1nccn1Cc1ccc(OC)cc1)c1nccn1Cc1ccc(OC)cc1. The first-order valence-corrected chi connectivity index (χ1v) is 9.65. The molecule has 6 nitrogen and oxygen atoms in total. The van der Waals surface area contributed by atoms with Crippen molar-refractivity contribution in [2.75, 3.05) is 14.2 Å². The van der Waals surface area contributed by atoms with Crippen LogP contribution in [0.15, 0.2) is 79.9 Å². The van der Waals surface area contributed by atoms with Crippen molar-refractivity contribution in [1.29, 1.82) is 0 Å². The maximum Gasteiger partial charge on any atom is 0.143 e. The number of rotatable bonds is 8. The van der Waals surface area contributed by atoms with Gasteiger partial charge in [0.15, 0.2) is 0 Å². The minimum absolute atomic E-state index is 0.692. The van der Waals surface area contributed by atoms with Gasteiger partial charge in [-0.3, -0.25) is 0 Å². The molecule has 152 valence electrons. The highest BCUT2D eigenvalue weighted by atomic mass is 16.5. The van der Waals surface area contributed by atoms with Crippen molar-refractivity contribution in [2.45, 2.75) is 13.1 Å². The minimum atomic E-state index is 0.692. The summed E-state index contributed by atoms with van der Waals surface area (Å²) in [5, 5.41) is 0. The summed E-state index contributed by atoms with van der Waals surface area (Å²) in [6, 6.07) is 16.0. The second-order valence-electron chi connectivity index (χ2n) is 6.93. The van der Waals surface area contributed by atoms with Crippen molar-refractivity contribution in [3.63, 3.8) is 0 Å². The summed E-state index contributed by atoms with van der Waals surface area (Å²) in [4.78, 5) is 9.08. The zero-order valence-electron chi connectivity index (χ0n) is 17.2. The number of benzene rings is 2. The first kappa shape index (κ1) is 19.5. The molecule has 0 fully saturated rings.